The maximum atomic E-state index is 12.1. The van der Waals surface area contributed by atoms with Crippen molar-refractivity contribution in [1.29, 1.82) is 0 Å². The van der Waals surface area contributed by atoms with Gasteiger partial charge in [0.05, 0.1) is 12.2 Å². The Bertz CT molecular complexity index is 294. The zero-order valence-corrected chi connectivity index (χ0v) is 12.0. The molecule has 1 fully saturated rings. The van der Waals surface area contributed by atoms with Crippen LogP contribution in [0.3, 0.4) is 0 Å². The monoisotopic (exact) mass is 260 g/mol. The molecule has 17 heavy (non-hydrogen) atoms. The Morgan fingerprint density at radius 3 is 2.59 bits per heavy atom. The van der Waals surface area contributed by atoms with Gasteiger partial charge in [0.1, 0.15) is 0 Å². The molecule has 0 aromatic rings. The molecule has 4 nitrogen and oxygen atoms in total. The Balaban J connectivity index is 2.65. The van der Waals surface area contributed by atoms with E-state index in [1.54, 1.807) is 6.26 Å². The first-order valence-corrected chi connectivity index (χ1v) is 8.05. The molecular formula is C12H24N2O2S. The van der Waals surface area contributed by atoms with Crippen molar-refractivity contribution in [2.24, 2.45) is 5.92 Å². The van der Waals surface area contributed by atoms with Gasteiger partial charge in [0, 0.05) is 29.4 Å². The Morgan fingerprint density at radius 1 is 1.47 bits per heavy atom. The summed E-state index contributed by atoms with van der Waals surface area (Å²) >= 11 is 0. The van der Waals surface area contributed by atoms with Crippen LogP contribution in [-0.4, -0.2) is 45.8 Å². The molecule has 1 amide bonds. The zero-order chi connectivity index (χ0) is 13.0. The lowest BCUT2D eigenvalue weighted by atomic mass is 10.1. The van der Waals surface area contributed by atoms with E-state index < -0.39 is 10.8 Å². The second-order valence-corrected chi connectivity index (χ2v) is 6.64. The third kappa shape index (κ3) is 4.07. The summed E-state index contributed by atoms with van der Waals surface area (Å²) in [7, 11) is -0.839. The molecule has 1 aliphatic heterocycles. The van der Waals surface area contributed by atoms with Gasteiger partial charge in [0.15, 0.2) is 0 Å². The SMILES string of the molecule is CCC1NC(CC(C)C)N(CCS(C)=O)C1=O. The molecule has 1 aliphatic rings. The normalized spacial score (nSPS) is 26.9. The van der Waals surface area contributed by atoms with Gasteiger partial charge < -0.3 is 4.90 Å². The molecule has 0 bridgehead atoms. The summed E-state index contributed by atoms with van der Waals surface area (Å²) in [6, 6.07) is -0.0518. The second kappa shape index (κ2) is 6.50. The maximum Gasteiger partial charge on any atom is 0.241 e. The number of amides is 1. The van der Waals surface area contributed by atoms with Gasteiger partial charge in [-0.3, -0.25) is 14.3 Å². The van der Waals surface area contributed by atoms with E-state index in [1.807, 2.05) is 11.8 Å². The van der Waals surface area contributed by atoms with Gasteiger partial charge in [0.2, 0.25) is 5.91 Å². The molecule has 0 aliphatic carbocycles. The van der Waals surface area contributed by atoms with Crippen LogP contribution in [-0.2, 0) is 15.6 Å². The highest BCUT2D eigenvalue weighted by Crippen LogP contribution is 2.18. The van der Waals surface area contributed by atoms with Crippen LogP contribution < -0.4 is 5.32 Å². The van der Waals surface area contributed by atoms with Crippen LogP contribution >= 0.6 is 0 Å². The number of carbonyl (C=O) groups is 1. The minimum Gasteiger partial charge on any atom is -0.325 e. The van der Waals surface area contributed by atoms with Crippen molar-refractivity contribution >= 4 is 16.7 Å². The fourth-order valence-corrected chi connectivity index (χ4v) is 2.63. The van der Waals surface area contributed by atoms with Crippen molar-refractivity contribution in [3.05, 3.63) is 0 Å². The fourth-order valence-electron chi connectivity index (χ4n) is 2.17. The van der Waals surface area contributed by atoms with Gasteiger partial charge in [-0.05, 0) is 18.8 Å². The number of hydrogen-bond donors (Lipinski definition) is 1. The first kappa shape index (κ1) is 14.6. The molecule has 1 heterocycles. The molecular weight excluding hydrogens is 236 g/mol. The highest BCUT2D eigenvalue weighted by atomic mass is 32.2. The van der Waals surface area contributed by atoms with E-state index in [1.165, 1.54) is 0 Å². The average molecular weight is 260 g/mol. The minimum absolute atomic E-state index is 0.0518. The maximum absolute atomic E-state index is 12.1. The highest BCUT2D eigenvalue weighted by molar-refractivity contribution is 7.84. The number of nitrogens with one attached hydrogen (secondary N) is 1. The van der Waals surface area contributed by atoms with Crippen LogP contribution in [0.15, 0.2) is 0 Å². The third-order valence-electron chi connectivity index (χ3n) is 3.07. The minimum atomic E-state index is -0.839. The molecule has 1 saturated heterocycles. The van der Waals surface area contributed by atoms with Gasteiger partial charge in [-0.1, -0.05) is 20.8 Å². The average Bonchev–Trinajstić information content (AvgIpc) is 2.51. The van der Waals surface area contributed by atoms with E-state index in [4.69, 9.17) is 0 Å². The lowest BCUT2D eigenvalue weighted by Crippen LogP contribution is -2.40. The Labute approximate surface area is 107 Å². The Morgan fingerprint density at radius 2 is 2.12 bits per heavy atom. The largest absolute Gasteiger partial charge is 0.325 e. The number of rotatable bonds is 6. The predicted octanol–water partition coefficient (Wildman–Crippen LogP) is 0.948. The molecule has 0 radical (unpaired) electrons. The molecule has 100 valence electrons. The molecule has 0 aromatic heterocycles. The smallest absolute Gasteiger partial charge is 0.241 e. The van der Waals surface area contributed by atoms with Crippen molar-refractivity contribution in [1.82, 2.24) is 10.2 Å². The van der Waals surface area contributed by atoms with Crippen LogP contribution in [0.5, 0.6) is 0 Å². The number of hydrogen-bond acceptors (Lipinski definition) is 3. The summed E-state index contributed by atoms with van der Waals surface area (Å²) in [5.74, 6) is 1.28. The lowest BCUT2D eigenvalue weighted by molar-refractivity contribution is -0.129. The van der Waals surface area contributed by atoms with Crippen LogP contribution in [0.4, 0.5) is 0 Å². The van der Waals surface area contributed by atoms with E-state index in [0.29, 0.717) is 18.2 Å². The molecule has 0 saturated carbocycles. The molecule has 1 rings (SSSR count). The zero-order valence-electron chi connectivity index (χ0n) is 11.2. The van der Waals surface area contributed by atoms with Crippen molar-refractivity contribution in [3.8, 4) is 0 Å². The highest BCUT2D eigenvalue weighted by Gasteiger charge is 2.37. The first-order valence-electron chi connectivity index (χ1n) is 6.32. The van der Waals surface area contributed by atoms with Gasteiger partial charge in [-0.2, -0.15) is 0 Å². The molecule has 3 atom stereocenters. The van der Waals surface area contributed by atoms with E-state index in [9.17, 15) is 9.00 Å². The first-order chi connectivity index (χ1) is 7.95. The van der Waals surface area contributed by atoms with Gasteiger partial charge in [-0.15, -0.1) is 0 Å². The molecule has 5 heteroatoms. The summed E-state index contributed by atoms with van der Waals surface area (Å²) in [5.41, 5.74) is 0. The van der Waals surface area contributed by atoms with Crippen LogP contribution in [0, 0.1) is 5.92 Å². The van der Waals surface area contributed by atoms with Crippen LogP contribution in [0.1, 0.15) is 33.6 Å². The number of carbonyl (C=O) groups excluding carboxylic acids is 1. The Hall–Kier alpha value is -0.420. The van der Waals surface area contributed by atoms with E-state index in [2.05, 4.69) is 19.2 Å². The van der Waals surface area contributed by atoms with Crippen molar-refractivity contribution in [2.75, 3.05) is 18.6 Å². The standard InChI is InChI=1S/C12H24N2O2S/c1-5-10-12(15)14(6-7-17(4)16)11(13-10)8-9(2)3/h9-11,13H,5-8H2,1-4H3. The quantitative estimate of drug-likeness (QED) is 0.773. The Kier molecular flexibility index (Phi) is 5.59. The van der Waals surface area contributed by atoms with E-state index in [-0.39, 0.29) is 18.1 Å². The molecule has 0 spiro atoms. The van der Waals surface area contributed by atoms with E-state index in [0.717, 1.165) is 12.8 Å². The van der Waals surface area contributed by atoms with Gasteiger partial charge >= 0.3 is 0 Å². The predicted molar refractivity (Wildman–Crippen MR) is 71.1 cm³/mol. The van der Waals surface area contributed by atoms with E-state index >= 15 is 0 Å². The topological polar surface area (TPSA) is 49.4 Å². The molecule has 1 N–H and O–H groups in total. The van der Waals surface area contributed by atoms with Gasteiger partial charge in [0.25, 0.3) is 0 Å². The summed E-state index contributed by atoms with van der Waals surface area (Å²) in [4.78, 5) is 14.0. The van der Waals surface area contributed by atoms with Crippen LogP contribution in [0.25, 0.3) is 0 Å². The third-order valence-corrected chi connectivity index (χ3v) is 3.83. The summed E-state index contributed by atoms with van der Waals surface area (Å²) < 4.78 is 11.1. The van der Waals surface area contributed by atoms with Crippen LogP contribution in [0.2, 0.25) is 0 Å². The fraction of sp³-hybridized carbons (Fsp3) is 0.917. The summed E-state index contributed by atoms with van der Waals surface area (Å²) in [5, 5.41) is 3.37. The number of nitrogens with zero attached hydrogens (tertiary/aromatic N) is 1. The lowest BCUT2D eigenvalue weighted by Gasteiger charge is -2.25. The van der Waals surface area contributed by atoms with Crippen molar-refractivity contribution in [3.63, 3.8) is 0 Å². The van der Waals surface area contributed by atoms with Crippen molar-refractivity contribution < 1.29 is 9.00 Å². The van der Waals surface area contributed by atoms with Gasteiger partial charge in [-0.25, -0.2) is 0 Å². The molecule has 3 unspecified atom stereocenters. The molecule has 0 aromatic carbocycles. The summed E-state index contributed by atoms with van der Waals surface area (Å²) in [6.45, 7) is 6.93. The summed E-state index contributed by atoms with van der Waals surface area (Å²) in [6.07, 6.45) is 3.58. The second-order valence-electron chi connectivity index (χ2n) is 5.08. The van der Waals surface area contributed by atoms with Crippen molar-refractivity contribution in [2.45, 2.75) is 45.8 Å².